The van der Waals surface area contributed by atoms with Crippen molar-refractivity contribution in [2.24, 2.45) is 5.41 Å². The molecular formula is C12H24N2O2. The zero-order valence-electron chi connectivity index (χ0n) is 10.9. The molecule has 1 heterocycles. The highest BCUT2D eigenvalue weighted by molar-refractivity contribution is 5.82. The number of methoxy groups -OCH3 is 1. The molecule has 0 bridgehead atoms. The summed E-state index contributed by atoms with van der Waals surface area (Å²) in [7, 11) is 3.53. The molecule has 0 aromatic carbocycles. The molecular weight excluding hydrogens is 204 g/mol. The average molecular weight is 228 g/mol. The number of rotatable bonds is 4. The van der Waals surface area contributed by atoms with Gasteiger partial charge in [0.2, 0.25) is 5.91 Å². The number of nitrogens with zero attached hydrogens (tertiary/aromatic N) is 1. The lowest BCUT2D eigenvalue weighted by Gasteiger charge is -2.29. The Morgan fingerprint density at radius 2 is 2.25 bits per heavy atom. The standard InChI is InChI=1S/C12H24N2O2/c1-12(2)6-5-10(13-3)11(15)14(9-12)7-8-16-4/h10,13H,5-9H2,1-4H3. The minimum absolute atomic E-state index is 0.0290. The van der Waals surface area contributed by atoms with E-state index in [0.717, 1.165) is 19.4 Å². The molecule has 1 unspecified atom stereocenters. The van der Waals surface area contributed by atoms with Gasteiger partial charge in [0.1, 0.15) is 0 Å². The molecule has 1 fully saturated rings. The lowest BCUT2D eigenvalue weighted by atomic mass is 9.87. The predicted molar refractivity (Wildman–Crippen MR) is 64.3 cm³/mol. The topological polar surface area (TPSA) is 41.6 Å². The van der Waals surface area contributed by atoms with Crippen molar-refractivity contribution in [1.29, 1.82) is 0 Å². The maximum absolute atomic E-state index is 12.2. The van der Waals surface area contributed by atoms with Crippen molar-refractivity contribution in [3.63, 3.8) is 0 Å². The van der Waals surface area contributed by atoms with Gasteiger partial charge in [-0.3, -0.25) is 4.79 Å². The van der Waals surface area contributed by atoms with E-state index in [1.165, 1.54) is 0 Å². The van der Waals surface area contributed by atoms with Crippen LogP contribution in [-0.4, -0.2) is 50.7 Å². The lowest BCUT2D eigenvalue weighted by Crippen LogP contribution is -2.46. The van der Waals surface area contributed by atoms with Crippen molar-refractivity contribution in [2.75, 3.05) is 33.9 Å². The predicted octanol–water partition coefficient (Wildman–Crippen LogP) is 0.869. The van der Waals surface area contributed by atoms with Gasteiger partial charge in [0.15, 0.2) is 0 Å². The lowest BCUT2D eigenvalue weighted by molar-refractivity contribution is -0.134. The second-order valence-corrected chi connectivity index (χ2v) is 5.30. The summed E-state index contributed by atoms with van der Waals surface area (Å²) in [5.41, 5.74) is 0.203. The third-order valence-electron chi connectivity index (χ3n) is 3.25. The molecule has 1 N–H and O–H groups in total. The number of likely N-dealkylation sites (tertiary alicyclic amines) is 1. The summed E-state index contributed by atoms with van der Waals surface area (Å²) in [5.74, 6) is 0.213. The zero-order chi connectivity index (χ0) is 12.2. The number of carbonyl (C=O) groups excluding carboxylic acids is 1. The summed E-state index contributed by atoms with van der Waals surface area (Å²) in [4.78, 5) is 14.1. The summed E-state index contributed by atoms with van der Waals surface area (Å²) in [6.45, 7) is 6.57. The first kappa shape index (κ1) is 13.5. The minimum atomic E-state index is -0.0290. The third-order valence-corrected chi connectivity index (χ3v) is 3.25. The van der Waals surface area contributed by atoms with Gasteiger partial charge >= 0.3 is 0 Å². The molecule has 1 aliphatic heterocycles. The largest absolute Gasteiger partial charge is 0.383 e. The average Bonchev–Trinajstić information content (AvgIpc) is 2.34. The first-order chi connectivity index (χ1) is 7.50. The molecule has 0 spiro atoms. The molecule has 4 heteroatoms. The molecule has 0 radical (unpaired) electrons. The van der Waals surface area contributed by atoms with E-state index >= 15 is 0 Å². The Hall–Kier alpha value is -0.610. The number of amides is 1. The Morgan fingerprint density at radius 1 is 1.56 bits per heavy atom. The van der Waals surface area contributed by atoms with Gasteiger partial charge in [0, 0.05) is 20.2 Å². The first-order valence-electron chi connectivity index (χ1n) is 5.95. The van der Waals surface area contributed by atoms with Crippen LogP contribution in [0.15, 0.2) is 0 Å². The minimum Gasteiger partial charge on any atom is -0.383 e. The van der Waals surface area contributed by atoms with Crippen LogP contribution in [0.3, 0.4) is 0 Å². The fraction of sp³-hybridized carbons (Fsp3) is 0.917. The highest BCUT2D eigenvalue weighted by Crippen LogP contribution is 2.28. The Labute approximate surface area is 98.3 Å². The summed E-state index contributed by atoms with van der Waals surface area (Å²) >= 11 is 0. The highest BCUT2D eigenvalue weighted by Gasteiger charge is 2.33. The molecule has 1 saturated heterocycles. The number of hydrogen-bond acceptors (Lipinski definition) is 3. The van der Waals surface area contributed by atoms with Gasteiger partial charge in [-0.1, -0.05) is 13.8 Å². The monoisotopic (exact) mass is 228 g/mol. The molecule has 0 saturated carbocycles. The smallest absolute Gasteiger partial charge is 0.239 e. The van der Waals surface area contributed by atoms with E-state index < -0.39 is 0 Å². The number of carbonyl (C=O) groups is 1. The van der Waals surface area contributed by atoms with Gasteiger partial charge < -0.3 is 15.0 Å². The molecule has 0 aliphatic carbocycles. The molecule has 1 atom stereocenters. The summed E-state index contributed by atoms with van der Waals surface area (Å²) < 4.78 is 5.06. The van der Waals surface area contributed by atoms with Gasteiger partial charge in [-0.15, -0.1) is 0 Å². The second kappa shape index (κ2) is 5.64. The third kappa shape index (κ3) is 3.46. The maximum Gasteiger partial charge on any atom is 0.239 e. The fourth-order valence-corrected chi connectivity index (χ4v) is 2.21. The van der Waals surface area contributed by atoms with Crippen molar-refractivity contribution < 1.29 is 9.53 Å². The van der Waals surface area contributed by atoms with Crippen LogP contribution in [0.4, 0.5) is 0 Å². The van der Waals surface area contributed by atoms with Gasteiger partial charge in [-0.25, -0.2) is 0 Å². The number of ether oxygens (including phenoxy) is 1. The van der Waals surface area contributed by atoms with Crippen molar-refractivity contribution in [2.45, 2.75) is 32.7 Å². The Balaban J connectivity index is 2.72. The molecule has 16 heavy (non-hydrogen) atoms. The number of nitrogens with one attached hydrogen (secondary N) is 1. The molecule has 1 aliphatic rings. The quantitative estimate of drug-likeness (QED) is 0.776. The van der Waals surface area contributed by atoms with Gasteiger partial charge in [0.05, 0.1) is 12.6 Å². The Kier molecular flexibility index (Phi) is 4.74. The van der Waals surface area contributed by atoms with Crippen LogP contribution in [0, 0.1) is 5.41 Å². The SMILES string of the molecule is CNC1CCC(C)(C)CN(CCOC)C1=O. The van der Waals surface area contributed by atoms with E-state index in [0.29, 0.717) is 13.2 Å². The van der Waals surface area contributed by atoms with Crippen LogP contribution in [0.2, 0.25) is 0 Å². The van der Waals surface area contributed by atoms with Crippen LogP contribution in [0.1, 0.15) is 26.7 Å². The van der Waals surface area contributed by atoms with E-state index in [1.54, 1.807) is 7.11 Å². The fourth-order valence-electron chi connectivity index (χ4n) is 2.21. The molecule has 1 amide bonds. The van der Waals surface area contributed by atoms with E-state index in [2.05, 4.69) is 19.2 Å². The molecule has 0 aromatic heterocycles. The van der Waals surface area contributed by atoms with Gasteiger partial charge in [-0.2, -0.15) is 0 Å². The molecule has 94 valence electrons. The second-order valence-electron chi connectivity index (χ2n) is 5.30. The molecule has 4 nitrogen and oxygen atoms in total. The summed E-state index contributed by atoms with van der Waals surface area (Å²) in [5, 5.41) is 3.11. The van der Waals surface area contributed by atoms with Crippen molar-refractivity contribution in [3.05, 3.63) is 0 Å². The van der Waals surface area contributed by atoms with Crippen LogP contribution in [0.25, 0.3) is 0 Å². The first-order valence-corrected chi connectivity index (χ1v) is 5.95. The maximum atomic E-state index is 12.2. The van der Waals surface area contributed by atoms with Crippen molar-refractivity contribution in [1.82, 2.24) is 10.2 Å². The number of likely N-dealkylation sites (N-methyl/N-ethyl adjacent to an activating group) is 1. The van der Waals surface area contributed by atoms with Crippen molar-refractivity contribution >= 4 is 5.91 Å². The molecule has 1 rings (SSSR count). The summed E-state index contributed by atoms with van der Waals surface area (Å²) in [6, 6.07) is -0.0290. The van der Waals surface area contributed by atoms with Crippen LogP contribution in [-0.2, 0) is 9.53 Å². The Bertz CT molecular complexity index is 241. The van der Waals surface area contributed by atoms with Crippen molar-refractivity contribution in [3.8, 4) is 0 Å². The van der Waals surface area contributed by atoms with E-state index in [9.17, 15) is 4.79 Å². The Morgan fingerprint density at radius 3 is 2.81 bits per heavy atom. The van der Waals surface area contributed by atoms with Gasteiger partial charge in [0.25, 0.3) is 0 Å². The van der Waals surface area contributed by atoms with Crippen LogP contribution < -0.4 is 5.32 Å². The molecule has 0 aromatic rings. The van der Waals surface area contributed by atoms with Gasteiger partial charge in [-0.05, 0) is 25.3 Å². The summed E-state index contributed by atoms with van der Waals surface area (Å²) in [6.07, 6.45) is 2.00. The zero-order valence-corrected chi connectivity index (χ0v) is 10.9. The van der Waals surface area contributed by atoms with Crippen LogP contribution in [0.5, 0.6) is 0 Å². The highest BCUT2D eigenvalue weighted by atomic mass is 16.5. The van der Waals surface area contributed by atoms with E-state index in [4.69, 9.17) is 4.74 Å². The van der Waals surface area contributed by atoms with E-state index in [1.807, 2.05) is 11.9 Å². The van der Waals surface area contributed by atoms with E-state index in [-0.39, 0.29) is 17.4 Å². The normalized spacial score (nSPS) is 25.6. The number of hydrogen-bond donors (Lipinski definition) is 1. The van der Waals surface area contributed by atoms with Crippen LogP contribution >= 0.6 is 0 Å².